The molecule has 17 heavy (non-hydrogen) atoms. The maximum atomic E-state index is 10.8. The fourth-order valence-electron chi connectivity index (χ4n) is 1.55. The van der Waals surface area contributed by atoms with Crippen LogP contribution in [0.25, 0.3) is 5.69 Å². The maximum absolute atomic E-state index is 10.8. The van der Waals surface area contributed by atoms with E-state index in [1.165, 1.54) is 6.07 Å². The summed E-state index contributed by atoms with van der Waals surface area (Å²) in [6, 6.07) is 6.78. The molecule has 6 nitrogen and oxygen atoms in total. The van der Waals surface area contributed by atoms with Gasteiger partial charge in [-0.05, 0) is 19.1 Å². The Hall–Kier alpha value is -2.21. The molecule has 0 saturated heterocycles. The average molecular weight is 232 g/mol. The summed E-state index contributed by atoms with van der Waals surface area (Å²) < 4.78 is 1.58. The summed E-state index contributed by atoms with van der Waals surface area (Å²) in [6.07, 6.45) is 1.73. The van der Waals surface area contributed by atoms with E-state index in [9.17, 15) is 10.1 Å². The topological polar surface area (TPSA) is 87.0 Å². The van der Waals surface area contributed by atoms with Crippen molar-refractivity contribution >= 4 is 5.69 Å². The minimum atomic E-state index is -0.397. The van der Waals surface area contributed by atoms with E-state index in [4.69, 9.17) is 5.73 Å². The first-order valence-electron chi connectivity index (χ1n) is 5.12. The first kappa shape index (κ1) is 11.3. The Morgan fingerprint density at radius 1 is 1.47 bits per heavy atom. The second-order valence-corrected chi connectivity index (χ2v) is 3.68. The fourth-order valence-corrected chi connectivity index (χ4v) is 1.55. The summed E-state index contributed by atoms with van der Waals surface area (Å²) in [5, 5.41) is 15.0. The third-order valence-corrected chi connectivity index (χ3v) is 2.51. The van der Waals surface area contributed by atoms with Crippen LogP contribution in [0.5, 0.6) is 0 Å². The van der Waals surface area contributed by atoms with Crippen LogP contribution in [-0.4, -0.2) is 14.7 Å². The molecule has 2 aromatic rings. The first-order chi connectivity index (χ1) is 8.11. The van der Waals surface area contributed by atoms with Crippen molar-refractivity contribution in [3.8, 4) is 5.69 Å². The second kappa shape index (κ2) is 4.34. The highest BCUT2D eigenvalue weighted by Gasteiger charge is 2.12. The Morgan fingerprint density at radius 3 is 2.82 bits per heavy atom. The van der Waals surface area contributed by atoms with Crippen LogP contribution >= 0.6 is 0 Å². The van der Waals surface area contributed by atoms with Crippen molar-refractivity contribution < 1.29 is 4.92 Å². The van der Waals surface area contributed by atoms with Crippen molar-refractivity contribution in [3.05, 3.63) is 51.8 Å². The Labute approximate surface area is 97.8 Å². The van der Waals surface area contributed by atoms with E-state index in [0.29, 0.717) is 17.8 Å². The van der Waals surface area contributed by atoms with Crippen LogP contribution in [0.2, 0.25) is 0 Å². The number of hydrogen-bond donors (Lipinski definition) is 1. The fraction of sp³-hybridized carbons (Fsp3) is 0.182. The molecule has 1 heterocycles. The highest BCUT2D eigenvalue weighted by molar-refractivity contribution is 5.48. The van der Waals surface area contributed by atoms with Crippen molar-refractivity contribution in [2.24, 2.45) is 5.73 Å². The van der Waals surface area contributed by atoms with E-state index < -0.39 is 4.92 Å². The van der Waals surface area contributed by atoms with Gasteiger partial charge in [-0.25, -0.2) is 4.68 Å². The zero-order chi connectivity index (χ0) is 12.4. The summed E-state index contributed by atoms with van der Waals surface area (Å²) in [7, 11) is 0. The van der Waals surface area contributed by atoms with E-state index in [2.05, 4.69) is 5.10 Å². The number of hydrogen-bond acceptors (Lipinski definition) is 4. The molecule has 1 aromatic carbocycles. The Morgan fingerprint density at radius 2 is 2.24 bits per heavy atom. The predicted molar refractivity (Wildman–Crippen MR) is 62.8 cm³/mol. The number of nitro groups is 1. The minimum Gasteiger partial charge on any atom is -0.325 e. The molecule has 6 heteroatoms. The molecule has 0 bridgehead atoms. The molecule has 2 rings (SSSR count). The summed E-state index contributed by atoms with van der Waals surface area (Å²) in [4.78, 5) is 10.4. The smallest absolute Gasteiger partial charge is 0.274 e. The van der Waals surface area contributed by atoms with E-state index in [-0.39, 0.29) is 5.69 Å². The maximum Gasteiger partial charge on any atom is 0.274 e. The molecule has 0 radical (unpaired) electrons. The molecule has 2 N–H and O–H groups in total. The van der Waals surface area contributed by atoms with Crippen LogP contribution in [-0.2, 0) is 6.54 Å². The Balaban J connectivity index is 2.46. The van der Waals surface area contributed by atoms with Gasteiger partial charge in [0, 0.05) is 24.4 Å². The zero-order valence-corrected chi connectivity index (χ0v) is 9.33. The Bertz CT molecular complexity index is 562. The van der Waals surface area contributed by atoms with Crippen LogP contribution in [0.1, 0.15) is 11.3 Å². The van der Waals surface area contributed by atoms with Gasteiger partial charge in [0.05, 0.1) is 16.3 Å². The number of aromatic nitrogens is 2. The van der Waals surface area contributed by atoms with Crippen molar-refractivity contribution in [1.82, 2.24) is 9.78 Å². The monoisotopic (exact) mass is 232 g/mol. The first-order valence-corrected chi connectivity index (χ1v) is 5.12. The van der Waals surface area contributed by atoms with Gasteiger partial charge in [0.25, 0.3) is 5.69 Å². The van der Waals surface area contributed by atoms with Gasteiger partial charge in [-0.3, -0.25) is 10.1 Å². The summed E-state index contributed by atoms with van der Waals surface area (Å²) in [5.74, 6) is 0. The van der Waals surface area contributed by atoms with Gasteiger partial charge in [-0.2, -0.15) is 5.10 Å². The number of nitrogens with two attached hydrogens (primary N) is 1. The predicted octanol–water partition coefficient (Wildman–Crippen LogP) is 1.55. The van der Waals surface area contributed by atoms with Gasteiger partial charge in [0.2, 0.25) is 0 Å². The molecular formula is C11H12N4O2. The second-order valence-electron chi connectivity index (χ2n) is 3.68. The van der Waals surface area contributed by atoms with Crippen molar-refractivity contribution in [1.29, 1.82) is 0 Å². The number of nitro benzene ring substituents is 1. The molecule has 0 unspecified atom stereocenters. The van der Waals surface area contributed by atoms with Crippen LogP contribution in [0.4, 0.5) is 5.69 Å². The van der Waals surface area contributed by atoms with E-state index in [1.807, 2.05) is 0 Å². The molecule has 0 aliphatic heterocycles. The molecular weight excluding hydrogens is 220 g/mol. The van der Waals surface area contributed by atoms with Crippen molar-refractivity contribution in [3.63, 3.8) is 0 Å². The normalized spacial score (nSPS) is 10.5. The molecule has 1 aromatic heterocycles. The van der Waals surface area contributed by atoms with Crippen molar-refractivity contribution in [2.75, 3.05) is 0 Å². The molecule has 0 aliphatic carbocycles. The van der Waals surface area contributed by atoms with Crippen LogP contribution in [0.15, 0.2) is 30.5 Å². The Kier molecular flexibility index (Phi) is 2.88. The number of nitrogens with zero attached hydrogens (tertiary/aromatic N) is 3. The van der Waals surface area contributed by atoms with Gasteiger partial charge >= 0.3 is 0 Å². The number of rotatable bonds is 3. The average Bonchev–Trinajstić information content (AvgIpc) is 2.78. The number of aryl methyl sites for hydroxylation is 1. The molecule has 0 saturated carbocycles. The lowest BCUT2D eigenvalue weighted by molar-refractivity contribution is -0.385. The standard InChI is InChI=1S/C11H12N4O2/c1-8-2-3-10(6-11(8)15(16)17)14-5-4-9(7-12)13-14/h2-6H,7,12H2,1H3. The SMILES string of the molecule is Cc1ccc(-n2ccc(CN)n2)cc1[N+](=O)[O-]. The lowest BCUT2D eigenvalue weighted by Gasteiger charge is -2.03. The van der Waals surface area contributed by atoms with Gasteiger partial charge in [-0.15, -0.1) is 0 Å². The van der Waals surface area contributed by atoms with Crippen LogP contribution in [0, 0.1) is 17.0 Å². The molecule has 0 aliphatic rings. The van der Waals surface area contributed by atoms with Gasteiger partial charge in [0.1, 0.15) is 0 Å². The van der Waals surface area contributed by atoms with E-state index >= 15 is 0 Å². The molecule has 0 spiro atoms. The molecule has 88 valence electrons. The van der Waals surface area contributed by atoms with E-state index in [1.54, 1.807) is 36.0 Å². The molecule has 0 fully saturated rings. The lowest BCUT2D eigenvalue weighted by atomic mass is 10.2. The highest BCUT2D eigenvalue weighted by atomic mass is 16.6. The van der Waals surface area contributed by atoms with Gasteiger partial charge in [0.15, 0.2) is 0 Å². The minimum absolute atomic E-state index is 0.0901. The number of benzene rings is 1. The zero-order valence-electron chi connectivity index (χ0n) is 9.33. The van der Waals surface area contributed by atoms with Gasteiger partial charge < -0.3 is 5.73 Å². The quantitative estimate of drug-likeness (QED) is 0.642. The summed E-state index contributed by atoms with van der Waals surface area (Å²) in [6.45, 7) is 2.05. The largest absolute Gasteiger partial charge is 0.325 e. The highest BCUT2D eigenvalue weighted by Crippen LogP contribution is 2.21. The van der Waals surface area contributed by atoms with Gasteiger partial charge in [-0.1, -0.05) is 6.07 Å². The summed E-state index contributed by atoms with van der Waals surface area (Å²) >= 11 is 0. The lowest BCUT2D eigenvalue weighted by Crippen LogP contribution is -2.01. The van der Waals surface area contributed by atoms with Crippen molar-refractivity contribution in [2.45, 2.75) is 13.5 Å². The van der Waals surface area contributed by atoms with E-state index in [0.717, 1.165) is 5.69 Å². The molecule has 0 amide bonds. The summed E-state index contributed by atoms with van der Waals surface area (Å²) in [5.41, 5.74) is 7.58. The van der Waals surface area contributed by atoms with Crippen LogP contribution < -0.4 is 5.73 Å². The third-order valence-electron chi connectivity index (χ3n) is 2.51. The molecule has 0 atom stereocenters. The van der Waals surface area contributed by atoms with Crippen LogP contribution in [0.3, 0.4) is 0 Å². The third kappa shape index (κ3) is 2.16.